The highest BCUT2D eigenvalue weighted by Gasteiger charge is 2.10. The van der Waals surface area contributed by atoms with E-state index < -0.39 is 10.8 Å². The molecular formula is C19H18N2O3S. The SMILES string of the molecule is O=C(NCC[S@@](=O)Cc1ccccc1)c1cc2ccccc2c(=O)[nH]1. The molecule has 0 aliphatic rings. The number of fused-ring (bicyclic) bond motifs is 1. The Labute approximate surface area is 147 Å². The van der Waals surface area contributed by atoms with Crippen molar-refractivity contribution in [2.24, 2.45) is 0 Å². The number of hydrogen-bond acceptors (Lipinski definition) is 3. The zero-order chi connectivity index (χ0) is 17.6. The second-order valence-corrected chi connectivity index (χ2v) is 7.21. The Morgan fingerprint density at radius 3 is 2.56 bits per heavy atom. The number of benzene rings is 2. The Kier molecular flexibility index (Phi) is 5.40. The van der Waals surface area contributed by atoms with Crippen LogP contribution >= 0.6 is 0 Å². The van der Waals surface area contributed by atoms with Crippen molar-refractivity contribution >= 4 is 27.5 Å². The van der Waals surface area contributed by atoms with Gasteiger partial charge in [0.2, 0.25) is 0 Å². The molecule has 0 saturated heterocycles. The zero-order valence-corrected chi connectivity index (χ0v) is 14.3. The average Bonchev–Trinajstić information content (AvgIpc) is 2.62. The lowest BCUT2D eigenvalue weighted by Gasteiger charge is -2.07. The number of hydrogen-bond donors (Lipinski definition) is 2. The van der Waals surface area contributed by atoms with Crippen LogP contribution in [0.3, 0.4) is 0 Å². The van der Waals surface area contributed by atoms with Gasteiger partial charge in [0, 0.05) is 34.2 Å². The zero-order valence-electron chi connectivity index (χ0n) is 13.5. The Morgan fingerprint density at radius 2 is 1.76 bits per heavy atom. The molecule has 0 aliphatic heterocycles. The summed E-state index contributed by atoms with van der Waals surface area (Å²) in [6.07, 6.45) is 0. The third-order valence-corrected chi connectivity index (χ3v) is 5.10. The molecule has 25 heavy (non-hydrogen) atoms. The molecule has 0 bridgehead atoms. The summed E-state index contributed by atoms with van der Waals surface area (Å²) < 4.78 is 12.1. The molecule has 6 heteroatoms. The molecule has 0 spiro atoms. The van der Waals surface area contributed by atoms with Gasteiger partial charge in [-0.2, -0.15) is 0 Å². The van der Waals surface area contributed by atoms with Crippen molar-refractivity contribution in [3.63, 3.8) is 0 Å². The number of H-pyrrole nitrogens is 1. The van der Waals surface area contributed by atoms with Crippen molar-refractivity contribution < 1.29 is 9.00 Å². The van der Waals surface area contributed by atoms with Gasteiger partial charge < -0.3 is 10.3 Å². The van der Waals surface area contributed by atoms with Crippen LogP contribution in [0.25, 0.3) is 10.8 Å². The predicted molar refractivity (Wildman–Crippen MR) is 100 cm³/mol. The van der Waals surface area contributed by atoms with E-state index in [1.54, 1.807) is 24.3 Å². The maximum Gasteiger partial charge on any atom is 0.267 e. The number of pyridine rings is 1. The van der Waals surface area contributed by atoms with Crippen LogP contribution in [0.1, 0.15) is 16.1 Å². The molecule has 2 N–H and O–H groups in total. The van der Waals surface area contributed by atoms with E-state index in [4.69, 9.17) is 0 Å². The molecule has 0 radical (unpaired) electrons. The van der Waals surface area contributed by atoms with E-state index in [0.717, 1.165) is 5.56 Å². The molecule has 1 amide bonds. The number of carbonyl (C=O) groups excluding carboxylic acids is 1. The van der Waals surface area contributed by atoms with E-state index >= 15 is 0 Å². The van der Waals surface area contributed by atoms with Gasteiger partial charge in [-0.3, -0.25) is 13.8 Å². The van der Waals surface area contributed by atoms with E-state index in [-0.39, 0.29) is 23.7 Å². The van der Waals surface area contributed by atoms with Crippen LogP contribution in [0.15, 0.2) is 65.5 Å². The molecule has 0 saturated carbocycles. The Balaban J connectivity index is 1.58. The molecular weight excluding hydrogens is 336 g/mol. The Bertz CT molecular complexity index is 967. The first-order valence-electron chi connectivity index (χ1n) is 7.92. The summed E-state index contributed by atoms with van der Waals surface area (Å²) in [5.74, 6) is 0.446. The first-order chi connectivity index (χ1) is 12.1. The van der Waals surface area contributed by atoms with Crippen molar-refractivity contribution in [3.8, 4) is 0 Å². The molecule has 0 unspecified atom stereocenters. The third-order valence-electron chi connectivity index (χ3n) is 3.78. The maximum absolute atomic E-state index is 12.2. The smallest absolute Gasteiger partial charge is 0.267 e. The van der Waals surface area contributed by atoms with Gasteiger partial charge in [-0.25, -0.2) is 0 Å². The fraction of sp³-hybridized carbons (Fsp3) is 0.158. The van der Waals surface area contributed by atoms with Gasteiger partial charge in [-0.05, 0) is 23.1 Å². The van der Waals surface area contributed by atoms with Gasteiger partial charge >= 0.3 is 0 Å². The van der Waals surface area contributed by atoms with Crippen molar-refractivity contribution in [1.29, 1.82) is 0 Å². The standard InChI is InChI=1S/C19H18N2O3S/c22-18-16-9-5-4-8-15(16)12-17(21-18)19(23)20-10-11-25(24)13-14-6-2-1-3-7-14/h1-9,12H,10-11,13H2,(H,20,23)(H,21,22)/t25-/m1/s1. The number of carbonyl (C=O) groups is 1. The summed E-state index contributed by atoms with van der Waals surface area (Å²) in [6.45, 7) is 0.285. The lowest BCUT2D eigenvalue weighted by molar-refractivity contribution is 0.0951. The second-order valence-electron chi connectivity index (χ2n) is 5.63. The van der Waals surface area contributed by atoms with Gasteiger partial charge in [0.15, 0.2) is 0 Å². The molecule has 1 aromatic heterocycles. The van der Waals surface area contributed by atoms with E-state index in [1.165, 1.54) is 0 Å². The second kappa shape index (κ2) is 7.90. The highest BCUT2D eigenvalue weighted by Crippen LogP contribution is 2.09. The highest BCUT2D eigenvalue weighted by atomic mass is 32.2. The van der Waals surface area contributed by atoms with Gasteiger partial charge in [0.25, 0.3) is 11.5 Å². The van der Waals surface area contributed by atoms with Crippen LogP contribution in [0, 0.1) is 0 Å². The van der Waals surface area contributed by atoms with Gasteiger partial charge in [-0.15, -0.1) is 0 Å². The summed E-state index contributed by atoms with van der Waals surface area (Å²) in [5.41, 5.74) is 0.916. The molecule has 1 heterocycles. The average molecular weight is 354 g/mol. The minimum absolute atomic E-state index is 0.206. The molecule has 5 nitrogen and oxygen atoms in total. The molecule has 3 rings (SSSR count). The summed E-state index contributed by atoms with van der Waals surface area (Å²) in [5, 5.41) is 3.96. The van der Waals surface area contributed by atoms with E-state index in [9.17, 15) is 13.8 Å². The Morgan fingerprint density at radius 1 is 1.04 bits per heavy atom. The van der Waals surface area contributed by atoms with Gasteiger partial charge in [0.1, 0.15) is 5.69 Å². The Hall–Kier alpha value is -2.73. The van der Waals surface area contributed by atoms with Crippen LogP contribution in [-0.4, -0.2) is 27.4 Å². The van der Waals surface area contributed by atoms with Crippen molar-refractivity contribution in [2.75, 3.05) is 12.3 Å². The molecule has 1 atom stereocenters. The number of rotatable bonds is 6. The molecule has 0 aliphatic carbocycles. The molecule has 2 aromatic carbocycles. The van der Waals surface area contributed by atoms with Crippen LogP contribution in [0.2, 0.25) is 0 Å². The number of aromatic amines is 1. The van der Waals surface area contributed by atoms with Crippen LogP contribution in [-0.2, 0) is 16.6 Å². The van der Waals surface area contributed by atoms with Gasteiger partial charge in [-0.1, -0.05) is 48.5 Å². The fourth-order valence-corrected chi connectivity index (χ4v) is 3.58. The predicted octanol–water partition coefficient (Wildman–Crippen LogP) is 2.21. The van der Waals surface area contributed by atoms with Crippen molar-refractivity contribution in [2.45, 2.75) is 5.75 Å². The maximum atomic E-state index is 12.2. The lowest BCUT2D eigenvalue weighted by atomic mass is 10.1. The van der Waals surface area contributed by atoms with E-state index in [2.05, 4.69) is 10.3 Å². The topological polar surface area (TPSA) is 79.0 Å². The quantitative estimate of drug-likeness (QED) is 0.712. The minimum Gasteiger partial charge on any atom is -0.350 e. The van der Waals surface area contributed by atoms with Crippen LogP contribution in [0.4, 0.5) is 0 Å². The molecule has 3 aromatic rings. The number of aromatic nitrogens is 1. The summed E-state index contributed by atoms with van der Waals surface area (Å²) in [7, 11) is -1.06. The normalized spacial score (nSPS) is 12.0. The van der Waals surface area contributed by atoms with Gasteiger partial charge in [0.05, 0.1) is 0 Å². The number of nitrogens with one attached hydrogen (secondary N) is 2. The van der Waals surface area contributed by atoms with Crippen molar-refractivity contribution in [1.82, 2.24) is 10.3 Å². The first kappa shape index (κ1) is 17.1. The van der Waals surface area contributed by atoms with Crippen molar-refractivity contribution in [3.05, 3.63) is 82.3 Å². The molecule has 128 valence electrons. The third kappa shape index (κ3) is 4.42. The van der Waals surface area contributed by atoms with E-state index in [0.29, 0.717) is 22.3 Å². The first-order valence-corrected chi connectivity index (χ1v) is 9.41. The summed E-state index contributed by atoms with van der Waals surface area (Å²) in [6, 6.07) is 18.3. The monoisotopic (exact) mass is 354 g/mol. The largest absolute Gasteiger partial charge is 0.350 e. The molecule has 0 fully saturated rings. The summed E-state index contributed by atoms with van der Waals surface area (Å²) in [4.78, 5) is 26.8. The van der Waals surface area contributed by atoms with E-state index in [1.807, 2.05) is 36.4 Å². The minimum atomic E-state index is -1.06. The van der Waals surface area contributed by atoms with Crippen LogP contribution < -0.4 is 10.9 Å². The van der Waals surface area contributed by atoms with Crippen LogP contribution in [0.5, 0.6) is 0 Å². The lowest BCUT2D eigenvalue weighted by Crippen LogP contribution is -2.30. The fourth-order valence-electron chi connectivity index (χ4n) is 2.54. The summed E-state index contributed by atoms with van der Waals surface area (Å²) >= 11 is 0. The highest BCUT2D eigenvalue weighted by molar-refractivity contribution is 7.84. The number of amides is 1.